The molecule has 1 amide bonds. The van der Waals surface area contributed by atoms with E-state index in [1.54, 1.807) is 0 Å². The third-order valence-corrected chi connectivity index (χ3v) is 5.34. The average Bonchev–Trinajstić information content (AvgIpc) is 2.92. The quantitative estimate of drug-likeness (QED) is 0.818. The zero-order valence-electron chi connectivity index (χ0n) is 16.0. The number of aromatic nitrogens is 1. The second kappa shape index (κ2) is 8.82. The lowest BCUT2D eigenvalue weighted by molar-refractivity contribution is -0.137. The van der Waals surface area contributed by atoms with Crippen LogP contribution in [0, 0.1) is 0 Å². The molecule has 3 rings (SSSR count). The van der Waals surface area contributed by atoms with E-state index in [2.05, 4.69) is 10.2 Å². The van der Waals surface area contributed by atoms with Gasteiger partial charge in [0.25, 0.3) is 5.91 Å². The summed E-state index contributed by atoms with van der Waals surface area (Å²) < 4.78 is 41.7. The fourth-order valence-electron chi connectivity index (χ4n) is 3.86. The predicted octanol–water partition coefficient (Wildman–Crippen LogP) is 4.39. The van der Waals surface area contributed by atoms with Gasteiger partial charge in [0, 0.05) is 25.5 Å². The van der Waals surface area contributed by atoms with Crippen LogP contribution in [0.2, 0.25) is 0 Å². The van der Waals surface area contributed by atoms with Crippen LogP contribution in [0.5, 0.6) is 0 Å². The normalized spacial score (nSPS) is 17.1. The van der Waals surface area contributed by atoms with Crippen LogP contribution in [0.3, 0.4) is 0 Å². The number of nitrogens with zero attached hydrogens (tertiary/aromatic N) is 2. The molecular formula is C21H26F3N3O. The summed E-state index contributed by atoms with van der Waals surface area (Å²) in [4.78, 5) is 14.9. The summed E-state index contributed by atoms with van der Waals surface area (Å²) in [6, 6.07) is 8.80. The van der Waals surface area contributed by atoms with Crippen molar-refractivity contribution in [1.82, 2.24) is 14.8 Å². The molecule has 0 saturated carbocycles. The molecule has 2 aromatic rings. The number of amides is 1. The molecule has 1 fully saturated rings. The van der Waals surface area contributed by atoms with Crippen molar-refractivity contribution >= 4 is 5.91 Å². The number of likely N-dealkylation sites (tertiary alicyclic amines) is 1. The number of rotatable bonds is 5. The van der Waals surface area contributed by atoms with Gasteiger partial charge in [-0.25, -0.2) is 0 Å². The molecule has 1 aromatic carbocycles. The van der Waals surface area contributed by atoms with Crippen molar-refractivity contribution in [2.75, 3.05) is 19.6 Å². The molecule has 152 valence electrons. The number of alkyl halides is 3. The molecular weight excluding hydrogens is 367 g/mol. The summed E-state index contributed by atoms with van der Waals surface area (Å²) in [7, 11) is 1.95. The number of carbonyl (C=O) groups is 1. The van der Waals surface area contributed by atoms with Crippen molar-refractivity contribution in [2.24, 2.45) is 7.05 Å². The number of nitrogens with one attached hydrogen (secondary N) is 1. The van der Waals surface area contributed by atoms with Gasteiger partial charge in [-0.3, -0.25) is 9.69 Å². The molecule has 2 heterocycles. The molecule has 0 radical (unpaired) electrons. The lowest BCUT2D eigenvalue weighted by Crippen LogP contribution is -2.39. The fraction of sp³-hybridized carbons (Fsp3) is 0.476. The predicted molar refractivity (Wildman–Crippen MR) is 102 cm³/mol. The summed E-state index contributed by atoms with van der Waals surface area (Å²) in [6.45, 7) is 2.11. The Labute approximate surface area is 163 Å². The summed E-state index contributed by atoms with van der Waals surface area (Å²) in [5, 5.41) is 2.75. The van der Waals surface area contributed by atoms with Crippen molar-refractivity contribution in [1.29, 1.82) is 0 Å². The first-order valence-corrected chi connectivity index (χ1v) is 9.67. The van der Waals surface area contributed by atoms with E-state index in [0.29, 0.717) is 0 Å². The highest BCUT2D eigenvalue weighted by atomic mass is 19.4. The van der Waals surface area contributed by atoms with Gasteiger partial charge < -0.3 is 9.88 Å². The maximum absolute atomic E-state index is 13.2. The third-order valence-electron chi connectivity index (χ3n) is 5.34. The molecule has 1 aliphatic rings. The van der Waals surface area contributed by atoms with Crippen molar-refractivity contribution in [3.8, 4) is 0 Å². The summed E-state index contributed by atoms with van der Waals surface area (Å²) in [6.07, 6.45) is 1.93. The Morgan fingerprint density at radius 1 is 1.07 bits per heavy atom. The van der Waals surface area contributed by atoms with E-state index in [-0.39, 0.29) is 18.2 Å². The van der Waals surface area contributed by atoms with Gasteiger partial charge in [-0.1, -0.05) is 25.0 Å². The Morgan fingerprint density at radius 3 is 2.36 bits per heavy atom. The zero-order valence-corrected chi connectivity index (χ0v) is 16.0. The van der Waals surface area contributed by atoms with E-state index in [0.717, 1.165) is 37.7 Å². The van der Waals surface area contributed by atoms with E-state index in [1.165, 1.54) is 31.0 Å². The van der Waals surface area contributed by atoms with Crippen LogP contribution in [0.15, 0.2) is 42.6 Å². The average molecular weight is 393 g/mol. The van der Waals surface area contributed by atoms with Gasteiger partial charge in [-0.05, 0) is 50.2 Å². The number of hydrogen-bond acceptors (Lipinski definition) is 2. The van der Waals surface area contributed by atoms with Crippen molar-refractivity contribution in [3.05, 3.63) is 59.4 Å². The van der Waals surface area contributed by atoms with Crippen LogP contribution in [-0.4, -0.2) is 35.0 Å². The van der Waals surface area contributed by atoms with Crippen LogP contribution in [0.1, 0.15) is 53.3 Å². The van der Waals surface area contributed by atoms with Crippen LogP contribution in [0.25, 0.3) is 0 Å². The van der Waals surface area contributed by atoms with Gasteiger partial charge in [0.15, 0.2) is 0 Å². The van der Waals surface area contributed by atoms with Gasteiger partial charge in [-0.15, -0.1) is 0 Å². The minimum Gasteiger partial charge on any atom is -0.353 e. The van der Waals surface area contributed by atoms with Crippen LogP contribution in [0.4, 0.5) is 13.2 Å². The van der Waals surface area contributed by atoms with Gasteiger partial charge in [0.05, 0.1) is 17.2 Å². The molecule has 0 spiro atoms. The first-order chi connectivity index (χ1) is 13.4. The highest BCUT2D eigenvalue weighted by Crippen LogP contribution is 2.32. The number of halogens is 3. The largest absolute Gasteiger partial charge is 0.417 e. The Morgan fingerprint density at radius 2 is 1.75 bits per heavy atom. The topological polar surface area (TPSA) is 37.3 Å². The highest BCUT2D eigenvalue weighted by molar-refractivity contribution is 5.95. The molecule has 4 nitrogen and oxygen atoms in total. The van der Waals surface area contributed by atoms with Gasteiger partial charge in [0.2, 0.25) is 0 Å². The first kappa shape index (κ1) is 20.5. The number of benzene rings is 1. The van der Waals surface area contributed by atoms with E-state index in [4.69, 9.17) is 0 Å². The Balaban J connectivity index is 1.79. The highest BCUT2D eigenvalue weighted by Gasteiger charge is 2.35. The summed E-state index contributed by atoms with van der Waals surface area (Å²) in [5.41, 5.74) is -0.194. The van der Waals surface area contributed by atoms with E-state index < -0.39 is 17.6 Å². The number of carbonyl (C=O) groups excluding carboxylic acids is 1. The minimum absolute atomic E-state index is 0.0694. The molecule has 0 bridgehead atoms. The van der Waals surface area contributed by atoms with Crippen LogP contribution < -0.4 is 5.32 Å². The third kappa shape index (κ3) is 4.76. The smallest absolute Gasteiger partial charge is 0.353 e. The van der Waals surface area contributed by atoms with E-state index in [9.17, 15) is 18.0 Å². The standard InChI is InChI=1S/C21H26F3N3O/c1-26-12-8-11-18(26)19(27-13-6-2-3-7-14-27)15-25-20(28)16-9-4-5-10-17(16)21(22,23)24/h4-5,8-12,19H,2-3,6-7,13-15H2,1H3,(H,25,28). The lowest BCUT2D eigenvalue weighted by Gasteiger charge is -2.31. The first-order valence-electron chi connectivity index (χ1n) is 9.67. The Hall–Kier alpha value is -2.28. The van der Waals surface area contributed by atoms with Gasteiger partial charge >= 0.3 is 6.18 Å². The fourth-order valence-corrected chi connectivity index (χ4v) is 3.86. The number of aryl methyl sites for hydroxylation is 1. The SMILES string of the molecule is Cn1cccc1C(CNC(=O)c1ccccc1C(F)(F)F)N1CCCCCC1. The minimum atomic E-state index is -4.56. The maximum atomic E-state index is 13.2. The molecule has 1 saturated heterocycles. The summed E-state index contributed by atoms with van der Waals surface area (Å²) in [5.74, 6) is -0.693. The Bertz CT molecular complexity index is 792. The van der Waals surface area contributed by atoms with E-state index >= 15 is 0 Å². The summed E-state index contributed by atoms with van der Waals surface area (Å²) >= 11 is 0. The molecule has 1 atom stereocenters. The number of hydrogen-bond donors (Lipinski definition) is 1. The maximum Gasteiger partial charge on any atom is 0.417 e. The second-order valence-electron chi connectivity index (χ2n) is 7.26. The van der Waals surface area contributed by atoms with Crippen LogP contribution in [-0.2, 0) is 13.2 Å². The van der Waals surface area contributed by atoms with E-state index in [1.807, 2.05) is 29.9 Å². The molecule has 1 unspecified atom stereocenters. The lowest BCUT2D eigenvalue weighted by atomic mass is 10.1. The molecule has 1 aliphatic heterocycles. The second-order valence-corrected chi connectivity index (χ2v) is 7.26. The molecule has 28 heavy (non-hydrogen) atoms. The monoisotopic (exact) mass is 393 g/mol. The van der Waals surface area contributed by atoms with Gasteiger partial charge in [0.1, 0.15) is 0 Å². The van der Waals surface area contributed by atoms with Crippen molar-refractivity contribution < 1.29 is 18.0 Å². The molecule has 1 N–H and O–H groups in total. The molecule has 1 aromatic heterocycles. The van der Waals surface area contributed by atoms with Crippen molar-refractivity contribution in [2.45, 2.75) is 37.9 Å². The van der Waals surface area contributed by atoms with Crippen molar-refractivity contribution in [3.63, 3.8) is 0 Å². The zero-order chi connectivity index (χ0) is 20.1. The molecule has 0 aliphatic carbocycles. The molecule has 7 heteroatoms. The van der Waals surface area contributed by atoms with Crippen LogP contribution >= 0.6 is 0 Å². The van der Waals surface area contributed by atoms with Gasteiger partial charge in [-0.2, -0.15) is 13.2 Å². The Kier molecular flexibility index (Phi) is 6.44.